The van der Waals surface area contributed by atoms with Crippen LogP contribution < -0.4 is 11.5 Å². The SMILES string of the molecule is Cl.NCc1cccc2nc(N)sc12. The van der Waals surface area contributed by atoms with Gasteiger partial charge in [-0.25, -0.2) is 4.98 Å². The van der Waals surface area contributed by atoms with Gasteiger partial charge in [0, 0.05) is 6.54 Å². The van der Waals surface area contributed by atoms with E-state index < -0.39 is 0 Å². The summed E-state index contributed by atoms with van der Waals surface area (Å²) in [4.78, 5) is 4.16. The number of fused-ring (bicyclic) bond motifs is 1. The van der Waals surface area contributed by atoms with Crippen LogP contribution in [0.5, 0.6) is 0 Å². The molecule has 2 rings (SSSR count). The highest BCUT2D eigenvalue weighted by Gasteiger charge is 2.03. The monoisotopic (exact) mass is 215 g/mol. The number of benzene rings is 1. The third-order valence-electron chi connectivity index (χ3n) is 1.73. The van der Waals surface area contributed by atoms with Crippen LogP contribution in [0.15, 0.2) is 18.2 Å². The van der Waals surface area contributed by atoms with E-state index >= 15 is 0 Å². The van der Waals surface area contributed by atoms with Crippen molar-refractivity contribution in [3.05, 3.63) is 23.8 Å². The van der Waals surface area contributed by atoms with Gasteiger partial charge in [-0.15, -0.1) is 12.4 Å². The summed E-state index contributed by atoms with van der Waals surface area (Å²) in [5.41, 5.74) is 13.2. The van der Waals surface area contributed by atoms with Gasteiger partial charge in [-0.1, -0.05) is 23.5 Å². The molecule has 4 N–H and O–H groups in total. The highest BCUT2D eigenvalue weighted by Crippen LogP contribution is 2.26. The molecule has 3 nitrogen and oxygen atoms in total. The van der Waals surface area contributed by atoms with Crippen molar-refractivity contribution in [3.8, 4) is 0 Å². The Bertz CT molecular complexity index is 413. The van der Waals surface area contributed by atoms with Crippen LogP contribution in [0.25, 0.3) is 10.2 Å². The molecule has 0 fully saturated rings. The molecule has 0 bridgehead atoms. The van der Waals surface area contributed by atoms with Crippen LogP contribution in [0.1, 0.15) is 5.56 Å². The van der Waals surface area contributed by atoms with E-state index in [-0.39, 0.29) is 12.4 Å². The lowest BCUT2D eigenvalue weighted by Gasteiger charge is -1.95. The van der Waals surface area contributed by atoms with Crippen molar-refractivity contribution in [1.29, 1.82) is 0 Å². The molecule has 0 aliphatic carbocycles. The number of thiazole rings is 1. The molecule has 0 amide bonds. The number of nitrogens with zero attached hydrogens (tertiary/aromatic N) is 1. The Balaban J connectivity index is 0.000000845. The van der Waals surface area contributed by atoms with Gasteiger partial charge in [0.15, 0.2) is 5.13 Å². The van der Waals surface area contributed by atoms with Crippen LogP contribution in [0.4, 0.5) is 5.13 Å². The van der Waals surface area contributed by atoms with E-state index in [2.05, 4.69) is 4.98 Å². The number of aromatic nitrogens is 1. The van der Waals surface area contributed by atoms with Crippen molar-refractivity contribution in [3.63, 3.8) is 0 Å². The summed E-state index contributed by atoms with van der Waals surface area (Å²) in [6.45, 7) is 0.541. The number of nitrogens with two attached hydrogens (primary N) is 2. The lowest BCUT2D eigenvalue weighted by Crippen LogP contribution is -1.95. The summed E-state index contributed by atoms with van der Waals surface area (Å²) in [5.74, 6) is 0. The molecule has 0 radical (unpaired) electrons. The molecule has 5 heteroatoms. The van der Waals surface area contributed by atoms with E-state index in [1.165, 1.54) is 11.3 Å². The molecule has 0 aliphatic rings. The van der Waals surface area contributed by atoms with Crippen LogP contribution in [-0.2, 0) is 6.54 Å². The molecule has 0 atom stereocenters. The second kappa shape index (κ2) is 3.91. The zero-order valence-corrected chi connectivity index (χ0v) is 8.49. The largest absolute Gasteiger partial charge is 0.375 e. The minimum atomic E-state index is 0. The van der Waals surface area contributed by atoms with E-state index in [9.17, 15) is 0 Å². The molecule has 2 aromatic rings. The van der Waals surface area contributed by atoms with Crippen molar-refractivity contribution >= 4 is 39.1 Å². The van der Waals surface area contributed by atoms with Gasteiger partial charge in [-0.3, -0.25) is 0 Å². The average molecular weight is 216 g/mol. The molecule has 1 aromatic heterocycles. The van der Waals surface area contributed by atoms with Crippen LogP contribution >= 0.6 is 23.7 Å². The van der Waals surface area contributed by atoms with Crippen LogP contribution in [0.2, 0.25) is 0 Å². The van der Waals surface area contributed by atoms with Gasteiger partial charge in [0.2, 0.25) is 0 Å². The molecule has 0 saturated heterocycles. The van der Waals surface area contributed by atoms with Crippen molar-refractivity contribution in [1.82, 2.24) is 4.98 Å². The first kappa shape index (κ1) is 10.2. The van der Waals surface area contributed by atoms with Gasteiger partial charge in [-0.05, 0) is 11.6 Å². The summed E-state index contributed by atoms with van der Waals surface area (Å²) < 4.78 is 1.11. The maximum absolute atomic E-state index is 5.58. The predicted octanol–water partition coefficient (Wildman–Crippen LogP) is 1.76. The van der Waals surface area contributed by atoms with E-state index in [1.807, 2.05) is 18.2 Å². The maximum Gasteiger partial charge on any atom is 0.181 e. The molecule has 0 saturated carbocycles. The molecular formula is C8H10ClN3S. The first-order valence-electron chi connectivity index (χ1n) is 3.65. The highest BCUT2D eigenvalue weighted by molar-refractivity contribution is 7.22. The fourth-order valence-electron chi connectivity index (χ4n) is 1.18. The van der Waals surface area contributed by atoms with Crippen molar-refractivity contribution < 1.29 is 0 Å². The molecule has 13 heavy (non-hydrogen) atoms. The second-order valence-corrected chi connectivity index (χ2v) is 3.55. The van der Waals surface area contributed by atoms with Crippen molar-refractivity contribution in [2.24, 2.45) is 5.73 Å². The molecular weight excluding hydrogens is 206 g/mol. The minimum Gasteiger partial charge on any atom is -0.375 e. The average Bonchev–Trinajstić information content (AvgIpc) is 2.44. The Morgan fingerprint density at radius 1 is 1.38 bits per heavy atom. The smallest absolute Gasteiger partial charge is 0.181 e. The molecule has 0 unspecified atom stereocenters. The van der Waals surface area contributed by atoms with Crippen molar-refractivity contribution in [2.45, 2.75) is 6.54 Å². The van der Waals surface area contributed by atoms with Crippen LogP contribution in [0, 0.1) is 0 Å². The number of rotatable bonds is 1. The highest BCUT2D eigenvalue weighted by atomic mass is 35.5. The first-order valence-corrected chi connectivity index (χ1v) is 4.47. The molecule has 1 aromatic carbocycles. The Kier molecular flexibility index (Phi) is 3.08. The zero-order chi connectivity index (χ0) is 8.55. The van der Waals surface area contributed by atoms with Crippen LogP contribution in [0.3, 0.4) is 0 Å². The van der Waals surface area contributed by atoms with Gasteiger partial charge in [-0.2, -0.15) is 0 Å². The third-order valence-corrected chi connectivity index (χ3v) is 2.71. The van der Waals surface area contributed by atoms with Gasteiger partial charge in [0.1, 0.15) is 0 Å². The van der Waals surface area contributed by atoms with Crippen LogP contribution in [-0.4, -0.2) is 4.98 Å². The lowest BCUT2D eigenvalue weighted by atomic mass is 10.2. The molecule has 0 aliphatic heterocycles. The topological polar surface area (TPSA) is 64.9 Å². The van der Waals surface area contributed by atoms with Gasteiger partial charge in [0.05, 0.1) is 10.2 Å². The summed E-state index contributed by atoms with van der Waals surface area (Å²) in [7, 11) is 0. The van der Waals surface area contributed by atoms with Gasteiger partial charge in [0.25, 0.3) is 0 Å². The van der Waals surface area contributed by atoms with Gasteiger partial charge >= 0.3 is 0 Å². The van der Waals surface area contributed by atoms with E-state index in [0.29, 0.717) is 11.7 Å². The molecule has 0 spiro atoms. The molecule has 1 heterocycles. The number of halogens is 1. The first-order chi connectivity index (χ1) is 5.81. The number of nitrogen functional groups attached to an aromatic ring is 1. The number of hydrogen-bond donors (Lipinski definition) is 2. The fourth-order valence-corrected chi connectivity index (χ4v) is 2.04. The Morgan fingerprint density at radius 3 is 2.85 bits per heavy atom. The summed E-state index contributed by atoms with van der Waals surface area (Å²) in [5, 5.41) is 0.603. The third kappa shape index (κ3) is 1.75. The minimum absolute atomic E-state index is 0. The van der Waals surface area contributed by atoms with Crippen molar-refractivity contribution in [2.75, 3.05) is 5.73 Å². The lowest BCUT2D eigenvalue weighted by molar-refractivity contribution is 1.09. The number of anilines is 1. The van der Waals surface area contributed by atoms with Gasteiger partial charge < -0.3 is 11.5 Å². The Hall–Kier alpha value is -0.840. The summed E-state index contributed by atoms with van der Waals surface area (Å²) >= 11 is 1.49. The normalized spacial score (nSPS) is 9.92. The predicted molar refractivity (Wildman–Crippen MR) is 59.2 cm³/mol. The standard InChI is InChI=1S/C8H9N3S.ClH/c9-4-5-2-1-3-6-7(5)12-8(10)11-6;/h1-3H,4,9H2,(H2,10,11);1H. The molecule has 70 valence electrons. The zero-order valence-electron chi connectivity index (χ0n) is 6.86. The fraction of sp³-hybridized carbons (Fsp3) is 0.125. The summed E-state index contributed by atoms with van der Waals surface area (Å²) in [6, 6.07) is 5.89. The Labute approximate surface area is 86.2 Å². The Morgan fingerprint density at radius 2 is 2.15 bits per heavy atom. The van der Waals surface area contributed by atoms with E-state index in [4.69, 9.17) is 11.5 Å². The number of hydrogen-bond acceptors (Lipinski definition) is 4. The van der Waals surface area contributed by atoms with E-state index in [1.54, 1.807) is 0 Å². The quantitative estimate of drug-likeness (QED) is 0.762. The van der Waals surface area contributed by atoms with E-state index in [0.717, 1.165) is 15.8 Å². The maximum atomic E-state index is 5.58. The second-order valence-electron chi connectivity index (χ2n) is 2.52. The summed E-state index contributed by atoms with van der Waals surface area (Å²) in [6.07, 6.45) is 0.